The van der Waals surface area contributed by atoms with Gasteiger partial charge in [0.1, 0.15) is 29.4 Å². The zero-order valence-corrected chi connectivity index (χ0v) is 22.5. The second kappa shape index (κ2) is 13.3. The monoisotopic (exact) mass is 538 g/mol. The maximum atomic E-state index is 13.1. The molecule has 1 unspecified atom stereocenters. The molecule has 0 fully saturated rings. The van der Waals surface area contributed by atoms with Crippen molar-refractivity contribution in [1.29, 1.82) is 0 Å². The molecule has 0 saturated heterocycles. The zero-order valence-electron chi connectivity index (χ0n) is 22.5. The third-order valence-electron chi connectivity index (χ3n) is 5.91. The number of carboxylic acid groups (broad SMARTS) is 1. The Labute approximate surface area is 225 Å². The zero-order chi connectivity index (χ0) is 28.5. The summed E-state index contributed by atoms with van der Waals surface area (Å²) in [6, 6.07) is 1.91. The van der Waals surface area contributed by atoms with Gasteiger partial charge >= 0.3 is 6.09 Å². The van der Waals surface area contributed by atoms with E-state index in [0.717, 1.165) is 24.1 Å². The lowest BCUT2D eigenvalue weighted by Crippen LogP contribution is -2.44. The van der Waals surface area contributed by atoms with E-state index in [1.54, 1.807) is 32.4 Å². The van der Waals surface area contributed by atoms with E-state index in [9.17, 15) is 19.2 Å². The summed E-state index contributed by atoms with van der Waals surface area (Å²) in [6.07, 6.45) is 6.67. The van der Waals surface area contributed by atoms with Crippen LogP contribution in [-0.2, 0) is 22.6 Å². The minimum Gasteiger partial charge on any atom is -0.465 e. The van der Waals surface area contributed by atoms with Crippen molar-refractivity contribution < 1.29 is 19.5 Å². The molecular formula is C26H34N8O5. The summed E-state index contributed by atoms with van der Waals surface area (Å²) in [5, 5.41) is 13.8. The van der Waals surface area contributed by atoms with Crippen LogP contribution in [-0.4, -0.2) is 72.6 Å². The fraction of sp³-hybridized carbons (Fsp3) is 0.423. The quantitative estimate of drug-likeness (QED) is 0.254. The molecule has 0 aliphatic carbocycles. The number of imidazole rings is 1. The molecule has 1 atom stereocenters. The Morgan fingerprint density at radius 2 is 1.97 bits per heavy atom. The van der Waals surface area contributed by atoms with E-state index < -0.39 is 23.6 Å². The van der Waals surface area contributed by atoms with Crippen molar-refractivity contribution in [3.8, 4) is 0 Å². The molecule has 0 aliphatic heterocycles. The Balaban J connectivity index is 1.73. The topological polar surface area (TPSA) is 175 Å². The van der Waals surface area contributed by atoms with Crippen LogP contribution in [0.3, 0.4) is 0 Å². The molecule has 39 heavy (non-hydrogen) atoms. The molecule has 0 aliphatic rings. The molecule has 3 rings (SSSR count). The van der Waals surface area contributed by atoms with Gasteiger partial charge in [-0.25, -0.2) is 19.7 Å². The van der Waals surface area contributed by atoms with Gasteiger partial charge in [0.25, 0.3) is 5.56 Å². The summed E-state index contributed by atoms with van der Waals surface area (Å²) in [6.45, 7) is 4.38. The molecule has 13 nitrogen and oxygen atoms in total. The molecule has 3 aromatic heterocycles. The van der Waals surface area contributed by atoms with Gasteiger partial charge in [-0.05, 0) is 49.8 Å². The molecule has 0 radical (unpaired) electrons. The van der Waals surface area contributed by atoms with Crippen LogP contribution in [0.2, 0.25) is 0 Å². The van der Waals surface area contributed by atoms with Gasteiger partial charge in [0.2, 0.25) is 11.8 Å². The van der Waals surface area contributed by atoms with Crippen molar-refractivity contribution in [3.05, 3.63) is 58.7 Å². The molecule has 13 heteroatoms. The van der Waals surface area contributed by atoms with Crippen LogP contribution in [0.1, 0.15) is 44.6 Å². The number of fused-ring (bicyclic) bond motifs is 1. The van der Waals surface area contributed by atoms with Crippen LogP contribution in [0.15, 0.2) is 41.6 Å². The molecular weight excluding hydrogens is 504 g/mol. The molecule has 0 spiro atoms. The minimum absolute atomic E-state index is 0.00783. The number of H-pyrrole nitrogens is 1. The molecule has 0 aromatic carbocycles. The number of anilines is 1. The van der Waals surface area contributed by atoms with E-state index in [0.29, 0.717) is 17.4 Å². The highest BCUT2D eigenvalue weighted by Gasteiger charge is 2.21. The Kier molecular flexibility index (Phi) is 9.90. The highest BCUT2D eigenvalue weighted by Crippen LogP contribution is 2.16. The Morgan fingerprint density at radius 1 is 1.21 bits per heavy atom. The Bertz CT molecular complexity index is 1410. The molecule has 208 valence electrons. The van der Waals surface area contributed by atoms with Crippen LogP contribution in [0.25, 0.3) is 11.2 Å². The number of aryl methyl sites for hydroxylation is 1. The first kappa shape index (κ1) is 29.0. The standard InChI is InChI=1S/C26H34N8O5/c1-16(2)11-12-17-22-23(28-15-27-17)32-20(31-22)14-34-13-7-9-19(25(34)37)29-24(36)18(30-26(38)39)8-5-6-10-21(35)33(3)4/h6-7,9-10,13,15-16,18,30H,5,8,11-12,14H2,1-4H3,(H,29,36)(H,38,39)(H,27,28,31,32)/b10-6+. The first-order valence-corrected chi connectivity index (χ1v) is 12.6. The molecule has 0 bridgehead atoms. The fourth-order valence-electron chi connectivity index (χ4n) is 3.77. The molecule has 4 N–H and O–H groups in total. The predicted octanol–water partition coefficient (Wildman–Crippen LogP) is 2.15. The summed E-state index contributed by atoms with van der Waals surface area (Å²) < 4.78 is 1.38. The van der Waals surface area contributed by atoms with E-state index in [1.807, 2.05) is 0 Å². The fourth-order valence-corrected chi connectivity index (χ4v) is 3.77. The van der Waals surface area contributed by atoms with E-state index in [1.165, 1.54) is 27.9 Å². The molecule has 3 heterocycles. The second-order valence-corrected chi connectivity index (χ2v) is 9.69. The lowest BCUT2D eigenvalue weighted by molar-refractivity contribution is -0.123. The number of pyridine rings is 1. The normalized spacial score (nSPS) is 12.1. The van der Waals surface area contributed by atoms with Gasteiger partial charge in [-0.1, -0.05) is 19.9 Å². The van der Waals surface area contributed by atoms with Gasteiger partial charge in [0, 0.05) is 20.3 Å². The Morgan fingerprint density at radius 3 is 2.67 bits per heavy atom. The number of hydrogen-bond donors (Lipinski definition) is 4. The summed E-state index contributed by atoms with van der Waals surface area (Å²) in [5.74, 6) is 0.109. The maximum absolute atomic E-state index is 13.1. The first-order chi connectivity index (χ1) is 18.5. The number of nitrogens with zero attached hydrogens (tertiary/aromatic N) is 5. The lowest BCUT2D eigenvalue weighted by atomic mass is 10.1. The smallest absolute Gasteiger partial charge is 0.405 e. The van der Waals surface area contributed by atoms with Gasteiger partial charge in [0.05, 0.1) is 12.2 Å². The van der Waals surface area contributed by atoms with Gasteiger partial charge in [-0.15, -0.1) is 0 Å². The van der Waals surface area contributed by atoms with Gasteiger partial charge in [-0.2, -0.15) is 0 Å². The van der Waals surface area contributed by atoms with E-state index in [4.69, 9.17) is 5.11 Å². The highest BCUT2D eigenvalue weighted by molar-refractivity contribution is 5.96. The number of rotatable bonds is 12. The summed E-state index contributed by atoms with van der Waals surface area (Å²) >= 11 is 0. The van der Waals surface area contributed by atoms with Crippen molar-refractivity contribution in [2.45, 2.75) is 52.1 Å². The average Bonchev–Trinajstić information content (AvgIpc) is 3.29. The molecule has 3 amide bonds. The molecule has 0 saturated carbocycles. The SMILES string of the molecule is CC(C)CCc1ncnc2nc(Cn3cccc(NC(=O)C(CC/C=C/C(=O)N(C)C)NC(=O)O)c3=O)[nH]c12. The van der Waals surface area contributed by atoms with E-state index in [-0.39, 0.29) is 31.0 Å². The van der Waals surface area contributed by atoms with E-state index >= 15 is 0 Å². The number of allylic oxidation sites excluding steroid dienone is 1. The highest BCUT2D eigenvalue weighted by atomic mass is 16.4. The van der Waals surface area contributed by atoms with Gasteiger partial charge < -0.3 is 30.2 Å². The van der Waals surface area contributed by atoms with Crippen molar-refractivity contribution in [1.82, 2.24) is 34.7 Å². The van der Waals surface area contributed by atoms with Crippen LogP contribution < -0.4 is 16.2 Å². The van der Waals surface area contributed by atoms with E-state index in [2.05, 4.69) is 44.4 Å². The number of likely N-dealkylation sites (N-methyl/N-ethyl adjacent to an activating group) is 1. The summed E-state index contributed by atoms with van der Waals surface area (Å²) in [4.78, 5) is 66.5. The van der Waals surface area contributed by atoms with Crippen molar-refractivity contribution in [3.63, 3.8) is 0 Å². The Hall–Kier alpha value is -4.55. The summed E-state index contributed by atoms with van der Waals surface area (Å²) in [5.41, 5.74) is 1.61. The van der Waals surface area contributed by atoms with Crippen LogP contribution in [0, 0.1) is 5.92 Å². The summed E-state index contributed by atoms with van der Waals surface area (Å²) in [7, 11) is 3.21. The first-order valence-electron chi connectivity index (χ1n) is 12.6. The second-order valence-electron chi connectivity index (χ2n) is 9.69. The van der Waals surface area contributed by atoms with Crippen molar-refractivity contribution >= 4 is 34.8 Å². The largest absolute Gasteiger partial charge is 0.465 e. The number of hydrogen-bond acceptors (Lipinski definition) is 7. The maximum Gasteiger partial charge on any atom is 0.405 e. The third kappa shape index (κ3) is 8.22. The van der Waals surface area contributed by atoms with Gasteiger partial charge in [-0.3, -0.25) is 14.4 Å². The predicted molar refractivity (Wildman–Crippen MR) is 145 cm³/mol. The van der Waals surface area contributed by atoms with Crippen LogP contribution >= 0.6 is 0 Å². The van der Waals surface area contributed by atoms with Crippen molar-refractivity contribution in [2.24, 2.45) is 5.92 Å². The van der Waals surface area contributed by atoms with Gasteiger partial charge in [0.15, 0.2) is 5.65 Å². The molecule has 3 aromatic rings. The lowest BCUT2D eigenvalue weighted by Gasteiger charge is -2.16. The number of aromatic nitrogens is 5. The van der Waals surface area contributed by atoms with Crippen LogP contribution in [0.5, 0.6) is 0 Å². The number of carbonyl (C=O) groups is 3. The average molecular weight is 539 g/mol. The number of nitrogens with one attached hydrogen (secondary N) is 3. The minimum atomic E-state index is -1.38. The van der Waals surface area contributed by atoms with Crippen molar-refractivity contribution in [2.75, 3.05) is 19.4 Å². The van der Waals surface area contributed by atoms with Crippen LogP contribution in [0.4, 0.5) is 10.5 Å². The number of aromatic amines is 1. The third-order valence-corrected chi connectivity index (χ3v) is 5.91. The number of amides is 3. The number of carbonyl (C=O) groups excluding carboxylic acids is 2.